The van der Waals surface area contributed by atoms with Crippen LogP contribution in [0, 0.1) is 12.3 Å². The molecule has 0 aliphatic rings. The summed E-state index contributed by atoms with van der Waals surface area (Å²) in [6, 6.07) is 4.24. The van der Waals surface area contributed by atoms with Crippen molar-refractivity contribution in [3.8, 4) is 5.75 Å². The van der Waals surface area contributed by atoms with Gasteiger partial charge in [-0.2, -0.15) is 0 Å². The minimum Gasteiger partial charge on any atom is -0.482 e. The number of carbonyl (C=O) groups excluding carboxylic acids is 1. The van der Waals surface area contributed by atoms with Crippen molar-refractivity contribution in [2.75, 3.05) is 6.61 Å². The molecule has 0 radical (unpaired) electrons. The number of aryl methyl sites for hydroxylation is 1. The molecule has 0 saturated heterocycles. The molecule has 1 unspecified atom stereocenters. The Morgan fingerprint density at radius 1 is 1.38 bits per heavy atom. The number of ether oxygens (including phenoxy) is 1. The number of carboxylic acids is 1. The van der Waals surface area contributed by atoms with Gasteiger partial charge in [-0.15, -0.1) is 0 Å². The topological polar surface area (TPSA) is 75.6 Å². The predicted octanol–water partition coefficient (Wildman–Crippen LogP) is 2.64. The number of amides is 1. The normalized spacial score (nSPS) is 12.6. The van der Waals surface area contributed by atoms with Crippen molar-refractivity contribution in [3.05, 3.63) is 28.8 Å². The van der Waals surface area contributed by atoms with Crippen LogP contribution in [-0.4, -0.2) is 29.6 Å². The van der Waals surface area contributed by atoms with E-state index in [0.717, 1.165) is 5.56 Å². The molecular weight excluding hydrogens is 294 g/mol. The molecule has 1 atom stereocenters. The molecule has 0 aliphatic carbocycles. The Hall–Kier alpha value is -1.75. The zero-order chi connectivity index (χ0) is 16.2. The van der Waals surface area contributed by atoms with E-state index in [4.69, 9.17) is 21.4 Å². The molecule has 1 aromatic carbocycles. The van der Waals surface area contributed by atoms with Crippen LogP contribution in [0.1, 0.15) is 26.3 Å². The number of benzene rings is 1. The minimum absolute atomic E-state index is 0.289. The van der Waals surface area contributed by atoms with Crippen LogP contribution in [0.25, 0.3) is 0 Å². The fourth-order valence-electron chi connectivity index (χ4n) is 1.72. The van der Waals surface area contributed by atoms with Crippen LogP contribution >= 0.6 is 11.6 Å². The monoisotopic (exact) mass is 313 g/mol. The second-order valence-corrected chi connectivity index (χ2v) is 6.33. The van der Waals surface area contributed by atoms with Crippen molar-refractivity contribution >= 4 is 23.5 Å². The van der Waals surface area contributed by atoms with Gasteiger partial charge in [-0.3, -0.25) is 4.79 Å². The zero-order valence-electron chi connectivity index (χ0n) is 12.6. The average molecular weight is 314 g/mol. The van der Waals surface area contributed by atoms with Gasteiger partial charge in [0.1, 0.15) is 11.8 Å². The lowest BCUT2D eigenvalue weighted by Gasteiger charge is -2.27. The van der Waals surface area contributed by atoms with E-state index in [9.17, 15) is 9.59 Å². The molecule has 0 fully saturated rings. The average Bonchev–Trinajstić information content (AvgIpc) is 2.35. The third kappa shape index (κ3) is 5.27. The molecule has 1 amide bonds. The molecule has 5 nitrogen and oxygen atoms in total. The van der Waals surface area contributed by atoms with Crippen LogP contribution in [0.5, 0.6) is 5.75 Å². The number of hydrogen-bond donors (Lipinski definition) is 2. The second-order valence-electron chi connectivity index (χ2n) is 5.93. The van der Waals surface area contributed by atoms with Crippen molar-refractivity contribution < 1.29 is 19.4 Å². The maximum Gasteiger partial charge on any atom is 0.326 e. The lowest BCUT2D eigenvalue weighted by atomic mass is 9.87. The van der Waals surface area contributed by atoms with Gasteiger partial charge in [0.05, 0.1) is 5.02 Å². The molecule has 21 heavy (non-hydrogen) atoms. The fourth-order valence-corrected chi connectivity index (χ4v) is 1.89. The van der Waals surface area contributed by atoms with Crippen LogP contribution < -0.4 is 10.1 Å². The van der Waals surface area contributed by atoms with E-state index in [1.807, 2.05) is 13.0 Å². The molecule has 0 heterocycles. The third-order valence-corrected chi connectivity index (χ3v) is 3.18. The molecule has 116 valence electrons. The number of hydrogen-bond acceptors (Lipinski definition) is 3. The van der Waals surface area contributed by atoms with E-state index in [0.29, 0.717) is 10.8 Å². The Morgan fingerprint density at radius 2 is 2.00 bits per heavy atom. The summed E-state index contributed by atoms with van der Waals surface area (Å²) in [7, 11) is 0. The standard InChI is InChI=1S/C15H20ClNO4/c1-9-5-6-10(16)11(7-9)21-8-12(18)17-13(14(19)20)15(2,3)4/h5-7,13H,8H2,1-4H3,(H,17,18)(H,19,20). The molecule has 2 N–H and O–H groups in total. The second kappa shape index (κ2) is 6.80. The van der Waals surface area contributed by atoms with Gasteiger partial charge in [0, 0.05) is 0 Å². The Labute approximate surface area is 129 Å². The molecule has 6 heteroatoms. The molecule has 1 aromatic rings. The van der Waals surface area contributed by atoms with Crippen LogP contribution in [0.3, 0.4) is 0 Å². The first-order valence-corrected chi connectivity index (χ1v) is 6.90. The van der Waals surface area contributed by atoms with Gasteiger partial charge >= 0.3 is 5.97 Å². The van der Waals surface area contributed by atoms with Crippen molar-refractivity contribution in [3.63, 3.8) is 0 Å². The number of aliphatic carboxylic acids is 1. The number of halogens is 1. The van der Waals surface area contributed by atoms with Gasteiger partial charge in [0.15, 0.2) is 6.61 Å². The number of carbonyl (C=O) groups is 2. The molecule has 0 saturated carbocycles. The van der Waals surface area contributed by atoms with Gasteiger partial charge in [-0.05, 0) is 30.0 Å². The first-order valence-electron chi connectivity index (χ1n) is 6.52. The first-order chi connectivity index (χ1) is 9.61. The molecule has 1 rings (SSSR count). The van der Waals surface area contributed by atoms with Gasteiger partial charge in [0.25, 0.3) is 5.91 Å². The Morgan fingerprint density at radius 3 is 2.52 bits per heavy atom. The van der Waals surface area contributed by atoms with E-state index in [-0.39, 0.29) is 6.61 Å². The number of rotatable bonds is 5. The van der Waals surface area contributed by atoms with Gasteiger partial charge in [-0.25, -0.2) is 4.79 Å². The summed E-state index contributed by atoms with van der Waals surface area (Å²) >= 11 is 5.96. The molecule has 0 spiro atoms. The summed E-state index contributed by atoms with van der Waals surface area (Å²) in [5.74, 6) is -1.19. The summed E-state index contributed by atoms with van der Waals surface area (Å²) in [4.78, 5) is 23.0. The lowest BCUT2D eigenvalue weighted by Crippen LogP contribution is -2.50. The van der Waals surface area contributed by atoms with E-state index < -0.39 is 23.3 Å². The van der Waals surface area contributed by atoms with Gasteiger partial charge in [0.2, 0.25) is 0 Å². The lowest BCUT2D eigenvalue weighted by molar-refractivity contribution is -0.145. The number of nitrogens with one attached hydrogen (secondary N) is 1. The molecule has 0 aliphatic heterocycles. The maximum absolute atomic E-state index is 11.8. The van der Waals surface area contributed by atoms with Crippen molar-refractivity contribution in [2.24, 2.45) is 5.41 Å². The highest BCUT2D eigenvalue weighted by atomic mass is 35.5. The van der Waals surface area contributed by atoms with E-state index in [1.54, 1.807) is 32.9 Å². The van der Waals surface area contributed by atoms with Gasteiger partial charge < -0.3 is 15.2 Å². The highest BCUT2D eigenvalue weighted by molar-refractivity contribution is 6.32. The quantitative estimate of drug-likeness (QED) is 0.876. The highest BCUT2D eigenvalue weighted by Gasteiger charge is 2.32. The predicted molar refractivity (Wildman–Crippen MR) is 80.7 cm³/mol. The Balaban J connectivity index is 2.65. The van der Waals surface area contributed by atoms with E-state index in [1.165, 1.54) is 0 Å². The minimum atomic E-state index is -1.08. The third-order valence-electron chi connectivity index (χ3n) is 2.86. The Kier molecular flexibility index (Phi) is 5.61. The maximum atomic E-state index is 11.8. The smallest absolute Gasteiger partial charge is 0.326 e. The molecule has 0 bridgehead atoms. The van der Waals surface area contributed by atoms with Crippen molar-refractivity contribution in [1.82, 2.24) is 5.32 Å². The van der Waals surface area contributed by atoms with Gasteiger partial charge in [-0.1, -0.05) is 38.4 Å². The molecule has 0 aromatic heterocycles. The van der Waals surface area contributed by atoms with Crippen LogP contribution in [-0.2, 0) is 9.59 Å². The van der Waals surface area contributed by atoms with E-state index in [2.05, 4.69) is 5.32 Å². The molecular formula is C15H20ClNO4. The first kappa shape index (κ1) is 17.3. The zero-order valence-corrected chi connectivity index (χ0v) is 13.3. The van der Waals surface area contributed by atoms with Crippen LogP contribution in [0.15, 0.2) is 18.2 Å². The number of carboxylic acid groups (broad SMARTS) is 1. The van der Waals surface area contributed by atoms with E-state index >= 15 is 0 Å². The fraction of sp³-hybridized carbons (Fsp3) is 0.467. The van der Waals surface area contributed by atoms with Crippen molar-refractivity contribution in [1.29, 1.82) is 0 Å². The largest absolute Gasteiger partial charge is 0.482 e. The summed E-state index contributed by atoms with van der Waals surface area (Å²) in [6.45, 7) is 6.81. The van der Waals surface area contributed by atoms with Crippen LogP contribution in [0.4, 0.5) is 0 Å². The summed E-state index contributed by atoms with van der Waals surface area (Å²) in [6.07, 6.45) is 0. The summed E-state index contributed by atoms with van der Waals surface area (Å²) < 4.78 is 5.34. The Bertz CT molecular complexity index is 537. The van der Waals surface area contributed by atoms with Crippen LogP contribution in [0.2, 0.25) is 5.02 Å². The summed E-state index contributed by atoms with van der Waals surface area (Å²) in [5.41, 5.74) is 0.357. The SMILES string of the molecule is Cc1ccc(Cl)c(OCC(=O)NC(C(=O)O)C(C)(C)C)c1. The van der Waals surface area contributed by atoms with Crippen molar-refractivity contribution in [2.45, 2.75) is 33.7 Å². The summed E-state index contributed by atoms with van der Waals surface area (Å²) in [5, 5.41) is 12.0. The highest BCUT2D eigenvalue weighted by Crippen LogP contribution is 2.25.